The van der Waals surface area contributed by atoms with Gasteiger partial charge in [-0.1, -0.05) is 0 Å². The van der Waals surface area contributed by atoms with E-state index in [4.69, 9.17) is 12.2 Å². The highest BCUT2D eigenvalue weighted by atomic mass is 16.1. The third-order valence-corrected chi connectivity index (χ3v) is 0.852. The average Bonchev–Trinajstić information content (AvgIpc) is 1.99. The minimum Gasteiger partial charge on any atom is -0.324 e. The van der Waals surface area contributed by atoms with Gasteiger partial charge in [-0.05, 0) is 5.92 Å². The number of hydrogen-bond acceptors (Lipinski definition) is 3. The Bertz CT molecular complexity index is 200. The first-order valence-corrected chi connectivity index (χ1v) is 2.68. The summed E-state index contributed by atoms with van der Waals surface area (Å²) in [4.78, 5) is 14.1. The van der Waals surface area contributed by atoms with Gasteiger partial charge in [-0.3, -0.25) is 9.79 Å². The van der Waals surface area contributed by atoms with Crippen LogP contribution in [-0.4, -0.2) is 25.3 Å². The maximum Gasteiger partial charge on any atom is 0.300 e. The van der Waals surface area contributed by atoms with Crippen LogP contribution in [0.2, 0.25) is 0 Å². The molecule has 0 saturated carbocycles. The lowest BCUT2D eigenvalue weighted by atomic mass is 10.5. The Morgan fingerprint density at radius 2 is 2.60 bits per heavy atom. The Morgan fingerprint density at radius 3 is 2.90 bits per heavy atom. The summed E-state index contributed by atoms with van der Waals surface area (Å²) in [6.07, 6.45) is 4.77. The minimum absolute atomic E-state index is 0. The SMILES string of the molecule is C#CC(=O)NC(CN)=NC.[HH].[HH].[HH]. The number of amidine groups is 1. The van der Waals surface area contributed by atoms with Crippen molar-refractivity contribution in [3.8, 4) is 12.3 Å². The summed E-state index contributed by atoms with van der Waals surface area (Å²) in [5, 5.41) is 2.32. The topological polar surface area (TPSA) is 67.5 Å². The van der Waals surface area contributed by atoms with E-state index in [2.05, 4.69) is 10.3 Å². The predicted octanol–water partition coefficient (Wildman–Crippen LogP) is -0.539. The molecule has 0 aliphatic heterocycles. The second-order valence-electron chi connectivity index (χ2n) is 1.47. The highest BCUT2D eigenvalue weighted by Crippen LogP contribution is 1.67. The van der Waals surface area contributed by atoms with Crippen molar-refractivity contribution in [3.05, 3.63) is 0 Å². The van der Waals surface area contributed by atoms with E-state index >= 15 is 0 Å². The third-order valence-electron chi connectivity index (χ3n) is 0.852. The molecule has 0 aliphatic rings. The van der Waals surface area contributed by atoms with E-state index in [0.29, 0.717) is 5.84 Å². The van der Waals surface area contributed by atoms with E-state index in [-0.39, 0.29) is 10.8 Å². The van der Waals surface area contributed by atoms with Gasteiger partial charge < -0.3 is 11.1 Å². The Morgan fingerprint density at radius 1 is 2.00 bits per heavy atom. The second kappa shape index (κ2) is 4.53. The average molecular weight is 145 g/mol. The number of terminal acetylenes is 1. The molecule has 10 heavy (non-hydrogen) atoms. The predicted molar refractivity (Wildman–Crippen MR) is 45.7 cm³/mol. The summed E-state index contributed by atoms with van der Waals surface area (Å²) in [6, 6.07) is 0. The van der Waals surface area contributed by atoms with Crippen LogP contribution in [-0.2, 0) is 4.79 Å². The summed E-state index contributed by atoms with van der Waals surface area (Å²) < 4.78 is 0. The van der Waals surface area contributed by atoms with Gasteiger partial charge in [-0.25, -0.2) is 0 Å². The monoisotopic (exact) mass is 145 g/mol. The van der Waals surface area contributed by atoms with Crippen LogP contribution in [0.3, 0.4) is 0 Å². The van der Waals surface area contributed by atoms with E-state index < -0.39 is 5.91 Å². The van der Waals surface area contributed by atoms with Crippen molar-refractivity contribution < 1.29 is 9.07 Å². The number of carbonyl (C=O) groups excluding carboxylic acids is 1. The summed E-state index contributed by atoms with van der Waals surface area (Å²) in [7, 11) is 1.53. The zero-order valence-corrected chi connectivity index (χ0v) is 5.72. The van der Waals surface area contributed by atoms with Gasteiger partial charge >= 0.3 is 5.91 Å². The molecule has 0 unspecified atom stereocenters. The van der Waals surface area contributed by atoms with E-state index in [0.717, 1.165) is 0 Å². The highest BCUT2D eigenvalue weighted by molar-refractivity contribution is 6.06. The van der Waals surface area contributed by atoms with Crippen LogP contribution in [0.1, 0.15) is 4.28 Å². The first-order chi connectivity index (χ1) is 4.74. The van der Waals surface area contributed by atoms with Crippen molar-refractivity contribution in [1.82, 2.24) is 5.32 Å². The first kappa shape index (κ1) is 8.66. The Labute approximate surface area is 64.0 Å². The summed E-state index contributed by atoms with van der Waals surface area (Å²) in [5.74, 6) is 1.75. The van der Waals surface area contributed by atoms with Crippen molar-refractivity contribution in [1.29, 1.82) is 0 Å². The molecule has 0 rings (SSSR count). The maximum atomic E-state index is 10.5. The molecule has 0 aromatic rings. The lowest BCUT2D eigenvalue weighted by molar-refractivity contribution is -0.114. The minimum atomic E-state index is -0.522. The number of carbonyl (C=O) groups is 1. The van der Waals surface area contributed by atoms with Crippen LogP contribution in [0.25, 0.3) is 0 Å². The maximum absolute atomic E-state index is 10.5. The standard InChI is InChI=1S/C6H9N3O.3H2/c1-3-6(10)9-5(4-7)8-2;;;/h1H,4,7H2,2H3,(H,8,9,10);3*1H. The van der Waals surface area contributed by atoms with Crippen molar-refractivity contribution in [3.63, 3.8) is 0 Å². The van der Waals surface area contributed by atoms with Gasteiger partial charge in [-0.2, -0.15) is 0 Å². The number of nitrogens with zero attached hydrogens (tertiary/aromatic N) is 1. The number of rotatable bonds is 1. The third kappa shape index (κ3) is 2.84. The normalized spacial score (nSPS) is 10.3. The van der Waals surface area contributed by atoms with Crippen LogP contribution >= 0.6 is 0 Å². The summed E-state index contributed by atoms with van der Waals surface area (Å²) in [5.41, 5.74) is 5.17. The second-order valence-corrected chi connectivity index (χ2v) is 1.47. The van der Waals surface area contributed by atoms with Gasteiger partial charge in [0, 0.05) is 11.3 Å². The molecular formula is C6H15N3O. The van der Waals surface area contributed by atoms with Gasteiger partial charge in [0.2, 0.25) is 0 Å². The fourth-order valence-electron chi connectivity index (χ4n) is 0.365. The fraction of sp³-hybridized carbons (Fsp3) is 0.333. The Hall–Kier alpha value is -1.34. The molecule has 0 spiro atoms. The van der Waals surface area contributed by atoms with Crippen molar-refractivity contribution in [2.45, 2.75) is 0 Å². The van der Waals surface area contributed by atoms with Crippen molar-refractivity contribution in [2.24, 2.45) is 10.7 Å². The number of amides is 1. The van der Waals surface area contributed by atoms with E-state index in [1.54, 1.807) is 0 Å². The van der Waals surface area contributed by atoms with E-state index in [1.165, 1.54) is 7.05 Å². The van der Waals surface area contributed by atoms with Crippen molar-refractivity contribution >= 4 is 11.7 Å². The van der Waals surface area contributed by atoms with Crippen LogP contribution in [0.5, 0.6) is 0 Å². The molecule has 0 atom stereocenters. The largest absolute Gasteiger partial charge is 0.324 e. The van der Waals surface area contributed by atoms with Crippen LogP contribution < -0.4 is 11.1 Å². The molecule has 0 aliphatic carbocycles. The van der Waals surface area contributed by atoms with Crippen LogP contribution in [0.15, 0.2) is 4.99 Å². The molecule has 0 bridgehead atoms. The van der Waals surface area contributed by atoms with E-state index in [1.807, 2.05) is 5.92 Å². The molecule has 3 N–H and O–H groups in total. The summed E-state index contributed by atoms with van der Waals surface area (Å²) in [6.45, 7) is 0.184. The van der Waals surface area contributed by atoms with Gasteiger partial charge in [0.1, 0.15) is 5.84 Å². The molecule has 0 saturated heterocycles. The number of nitrogens with two attached hydrogens (primary N) is 1. The smallest absolute Gasteiger partial charge is 0.300 e. The summed E-state index contributed by atoms with van der Waals surface area (Å²) >= 11 is 0. The molecule has 0 aromatic carbocycles. The zero-order chi connectivity index (χ0) is 7.98. The van der Waals surface area contributed by atoms with E-state index in [9.17, 15) is 4.79 Å². The molecule has 60 valence electrons. The number of hydrogen-bond donors (Lipinski definition) is 2. The van der Waals surface area contributed by atoms with Crippen LogP contribution in [0, 0.1) is 12.3 Å². The molecule has 0 heterocycles. The molecule has 0 fully saturated rings. The highest BCUT2D eigenvalue weighted by Gasteiger charge is 1.97. The zero-order valence-electron chi connectivity index (χ0n) is 5.72. The lowest BCUT2D eigenvalue weighted by Crippen LogP contribution is -2.34. The number of aliphatic imine (C=N–C) groups is 1. The Kier molecular flexibility index (Phi) is 3.92. The van der Waals surface area contributed by atoms with Gasteiger partial charge in [0.05, 0.1) is 6.54 Å². The molecular weight excluding hydrogens is 130 g/mol. The molecule has 1 amide bonds. The first-order valence-electron chi connectivity index (χ1n) is 2.68. The lowest BCUT2D eigenvalue weighted by Gasteiger charge is -1.99. The van der Waals surface area contributed by atoms with Gasteiger partial charge in [0.25, 0.3) is 0 Å². The van der Waals surface area contributed by atoms with Crippen LogP contribution in [0.4, 0.5) is 0 Å². The molecule has 0 radical (unpaired) electrons. The van der Waals surface area contributed by atoms with Gasteiger partial charge in [-0.15, -0.1) is 6.42 Å². The van der Waals surface area contributed by atoms with Crippen molar-refractivity contribution in [2.75, 3.05) is 13.6 Å². The number of nitrogens with one attached hydrogen (secondary N) is 1. The van der Waals surface area contributed by atoms with Gasteiger partial charge in [0.15, 0.2) is 0 Å². The Balaban J connectivity index is -0.000000135. The fourth-order valence-corrected chi connectivity index (χ4v) is 0.365. The molecule has 4 nitrogen and oxygen atoms in total. The molecule has 0 aromatic heterocycles. The molecule has 4 heteroatoms. The quantitative estimate of drug-likeness (QED) is 0.295.